The summed E-state index contributed by atoms with van der Waals surface area (Å²) in [7, 11) is 1.30. The van der Waals surface area contributed by atoms with Gasteiger partial charge in [-0.1, -0.05) is 6.42 Å². The third-order valence-corrected chi connectivity index (χ3v) is 2.83. The number of nitrogens with two attached hydrogens (primary N) is 1. The maximum Gasteiger partial charge on any atom is 0.343 e. The Kier molecular flexibility index (Phi) is 7.89. The molecule has 0 radical (unpaired) electrons. The second-order valence-corrected chi connectivity index (χ2v) is 4.54. The average molecular weight is 294 g/mol. The molecule has 0 spiro atoms. The van der Waals surface area contributed by atoms with Gasteiger partial charge in [-0.3, -0.25) is 4.79 Å². The smallest absolute Gasteiger partial charge is 0.343 e. The van der Waals surface area contributed by atoms with Gasteiger partial charge in [0.2, 0.25) is 5.91 Å². The van der Waals surface area contributed by atoms with Crippen LogP contribution in [0.2, 0.25) is 0 Å². The summed E-state index contributed by atoms with van der Waals surface area (Å²) in [5.74, 6) is 0.0847. The predicted molar refractivity (Wildman–Crippen MR) is 80.1 cm³/mol. The van der Waals surface area contributed by atoms with Crippen LogP contribution in [0.3, 0.4) is 0 Å². The molecule has 1 aromatic rings. The lowest BCUT2D eigenvalue weighted by atomic mass is 10.2. The molecule has 6 nitrogen and oxygen atoms in total. The highest BCUT2D eigenvalue weighted by Gasteiger charge is 2.04. The number of amides is 1. The standard InChI is InChI=1S/C15H22N2O4/c1-20-15(19)11-21-13-8-6-12(7-9-13)17-14(18)5-3-2-4-10-16/h6-9H,2-5,10-11,16H2,1H3,(H,17,18). The molecule has 0 fully saturated rings. The zero-order chi connectivity index (χ0) is 15.5. The lowest BCUT2D eigenvalue weighted by Gasteiger charge is -2.07. The first-order valence-electron chi connectivity index (χ1n) is 6.95. The fourth-order valence-electron chi connectivity index (χ4n) is 1.67. The van der Waals surface area contributed by atoms with Crippen molar-refractivity contribution in [2.45, 2.75) is 25.7 Å². The monoisotopic (exact) mass is 294 g/mol. The number of ether oxygens (including phenoxy) is 2. The molecule has 0 saturated carbocycles. The summed E-state index contributed by atoms with van der Waals surface area (Å²) in [5.41, 5.74) is 6.09. The van der Waals surface area contributed by atoms with Gasteiger partial charge in [0, 0.05) is 12.1 Å². The van der Waals surface area contributed by atoms with Crippen LogP contribution in [0.5, 0.6) is 5.75 Å². The number of benzene rings is 1. The molecule has 0 aliphatic carbocycles. The van der Waals surface area contributed by atoms with E-state index in [4.69, 9.17) is 10.5 Å². The van der Waals surface area contributed by atoms with Crippen LogP contribution >= 0.6 is 0 Å². The topological polar surface area (TPSA) is 90.6 Å². The molecule has 0 saturated heterocycles. The van der Waals surface area contributed by atoms with Gasteiger partial charge in [-0.05, 0) is 43.7 Å². The van der Waals surface area contributed by atoms with Crippen LogP contribution in [-0.4, -0.2) is 32.1 Å². The maximum absolute atomic E-state index is 11.7. The van der Waals surface area contributed by atoms with Crippen molar-refractivity contribution in [3.63, 3.8) is 0 Å². The predicted octanol–water partition coefficient (Wildman–Crippen LogP) is 1.70. The molecule has 116 valence electrons. The minimum Gasteiger partial charge on any atom is -0.482 e. The van der Waals surface area contributed by atoms with Gasteiger partial charge in [0.05, 0.1) is 7.11 Å². The summed E-state index contributed by atoms with van der Waals surface area (Å²) in [6, 6.07) is 6.83. The van der Waals surface area contributed by atoms with Crippen molar-refractivity contribution in [2.75, 3.05) is 25.6 Å². The van der Waals surface area contributed by atoms with Crippen LogP contribution in [0.1, 0.15) is 25.7 Å². The van der Waals surface area contributed by atoms with Gasteiger partial charge in [0.1, 0.15) is 5.75 Å². The quantitative estimate of drug-likeness (QED) is 0.534. The summed E-state index contributed by atoms with van der Waals surface area (Å²) in [6.07, 6.45) is 3.23. The molecule has 0 aliphatic rings. The van der Waals surface area contributed by atoms with Crippen LogP contribution < -0.4 is 15.8 Å². The molecule has 21 heavy (non-hydrogen) atoms. The fourth-order valence-corrected chi connectivity index (χ4v) is 1.67. The van der Waals surface area contributed by atoms with Gasteiger partial charge in [-0.25, -0.2) is 4.79 Å². The van der Waals surface area contributed by atoms with E-state index in [-0.39, 0.29) is 12.5 Å². The van der Waals surface area contributed by atoms with Crippen molar-refractivity contribution in [1.29, 1.82) is 0 Å². The maximum atomic E-state index is 11.7. The molecular formula is C15H22N2O4. The number of methoxy groups -OCH3 is 1. The Labute approximate surface area is 124 Å². The number of esters is 1. The van der Waals surface area contributed by atoms with Crippen molar-refractivity contribution < 1.29 is 19.1 Å². The SMILES string of the molecule is COC(=O)COc1ccc(NC(=O)CCCCCN)cc1. The van der Waals surface area contributed by atoms with Gasteiger partial charge >= 0.3 is 5.97 Å². The Morgan fingerprint density at radius 2 is 1.86 bits per heavy atom. The van der Waals surface area contributed by atoms with E-state index in [0.29, 0.717) is 24.4 Å². The third-order valence-electron chi connectivity index (χ3n) is 2.83. The molecule has 0 aromatic heterocycles. The largest absolute Gasteiger partial charge is 0.482 e. The Hall–Kier alpha value is -2.08. The number of rotatable bonds is 9. The van der Waals surface area contributed by atoms with E-state index < -0.39 is 5.97 Å². The number of unbranched alkanes of at least 4 members (excludes halogenated alkanes) is 2. The molecule has 0 unspecified atom stereocenters. The van der Waals surface area contributed by atoms with E-state index in [0.717, 1.165) is 19.3 Å². The lowest BCUT2D eigenvalue weighted by Crippen LogP contribution is -2.13. The minimum absolute atomic E-state index is 0.0183. The van der Waals surface area contributed by atoms with Crippen LogP contribution in [0.4, 0.5) is 5.69 Å². The summed E-state index contributed by atoms with van der Waals surface area (Å²) in [5, 5.41) is 2.80. The Morgan fingerprint density at radius 1 is 1.14 bits per heavy atom. The summed E-state index contributed by atoms with van der Waals surface area (Å²) in [4.78, 5) is 22.6. The zero-order valence-electron chi connectivity index (χ0n) is 12.3. The van der Waals surface area contributed by atoms with Crippen molar-refractivity contribution in [1.82, 2.24) is 0 Å². The van der Waals surface area contributed by atoms with Crippen molar-refractivity contribution in [2.24, 2.45) is 5.73 Å². The normalized spacial score (nSPS) is 10.0. The van der Waals surface area contributed by atoms with E-state index in [1.165, 1.54) is 7.11 Å². The van der Waals surface area contributed by atoms with E-state index in [1.807, 2.05) is 0 Å². The number of nitrogens with one attached hydrogen (secondary N) is 1. The van der Waals surface area contributed by atoms with Crippen molar-refractivity contribution in [3.05, 3.63) is 24.3 Å². The highest BCUT2D eigenvalue weighted by Crippen LogP contribution is 2.16. The van der Waals surface area contributed by atoms with Gasteiger partial charge in [-0.2, -0.15) is 0 Å². The number of anilines is 1. The fraction of sp³-hybridized carbons (Fsp3) is 0.467. The summed E-state index contributed by atoms with van der Waals surface area (Å²) >= 11 is 0. The first-order chi connectivity index (χ1) is 10.2. The molecule has 1 rings (SSSR count). The highest BCUT2D eigenvalue weighted by molar-refractivity contribution is 5.90. The summed E-state index contributed by atoms with van der Waals surface area (Å²) in [6.45, 7) is 0.526. The van der Waals surface area contributed by atoms with Gasteiger partial charge < -0.3 is 20.5 Å². The van der Waals surface area contributed by atoms with Gasteiger partial charge in [0.15, 0.2) is 6.61 Å². The van der Waals surface area contributed by atoms with Crippen molar-refractivity contribution >= 4 is 17.6 Å². The lowest BCUT2D eigenvalue weighted by molar-refractivity contribution is -0.142. The number of carbonyl (C=O) groups excluding carboxylic acids is 2. The molecular weight excluding hydrogens is 272 g/mol. The molecule has 6 heteroatoms. The summed E-state index contributed by atoms with van der Waals surface area (Å²) < 4.78 is 9.69. The van der Waals surface area contributed by atoms with E-state index in [1.54, 1.807) is 24.3 Å². The molecule has 1 aromatic carbocycles. The molecule has 0 heterocycles. The zero-order valence-corrected chi connectivity index (χ0v) is 12.3. The molecule has 1 amide bonds. The molecule has 0 atom stereocenters. The Bertz CT molecular complexity index is 445. The van der Waals surface area contributed by atoms with Crippen molar-refractivity contribution in [3.8, 4) is 5.75 Å². The van der Waals surface area contributed by atoms with E-state index >= 15 is 0 Å². The van der Waals surface area contributed by atoms with E-state index in [2.05, 4.69) is 10.1 Å². The second-order valence-electron chi connectivity index (χ2n) is 4.54. The second kappa shape index (κ2) is 9.77. The average Bonchev–Trinajstić information content (AvgIpc) is 2.50. The van der Waals surface area contributed by atoms with Crippen LogP contribution in [0.15, 0.2) is 24.3 Å². The van der Waals surface area contributed by atoms with Gasteiger partial charge in [0.25, 0.3) is 0 Å². The van der Waals surface area contributed by atoms with Crippen LogP contribution in [0.25, 0.3) is 0 Å². The Morgan fingerprint density at radius 3 is 2.48 bits per heavy atom. The van der Waals surface area contributed by atoms with E-state index in [9.17, 15) is 9.59 Å². The highest BCUT2D eigenvalue weighted by atomic mass is 16.6. The van der Waals surface area contributed by atoms with Gasteiger partial charge in [-0.15, -0.1) is 0 Å². The number of hydrogen-bond donors (Lipinski definition) is 2. The molecule has 0 aliphatic heterocycles. The number of carbonyl (C=O) groups is 2. The first kappa shape index (κ1) is 17.0. The minimum atomic E-state index is -0.440. The van der Waals surface area contributed by atoms with Crippen LogP contribution in [-0.2, 0) is 14.3 Å². The molecule has 0 bridgehead atoms. The Balaban J connectivity index is 2.33. The number of hydrogen-bond acceptors (Lipinski definition) is 5. The van der Waals surface area contributed by atoms with Crippen LogP contribution in [0, 0.1) is 0 Å². The first-order valence-corrected chi connectivity index (χ1v) is 6.95. The molecule has 3 N–H and O–H groups in total. The third kappa shape index (κ3) is 7.31.